The molecule has 0 bridgehead atoms. The molecular weight excluding hydrogens is 438 g/mol. The molecule has 2 saturated heterocycles. The van der Waals surface area contributed by atoms with E-state index in [9.17, 15) is 19.2 Å². The summed E-state index contributed by atoms with van der Waals surface area (Å²) >= 11 is 0. The van der Waals surface area contributed by atoms with Crippen molar-refractivity contribution in [3.63, 3.8) is 0 Å². The number of fused-ring (bicyclic) bond motifs is 1. The van der Waals surface area contributed by atoms with Crippen LogP contribution < -0.4 is 15.9 Å². The third-order valence-electron chi connectivity index (χ3n) is 6.65. The third kappa shape index (κ3) is 4.53. The van der Waals surface area contributed by atoms with Crippen molar-refractivity contribution in [2.75, 3.05) is 25.0 Å². The minimum atomic E-state index is -0.711. The van der Waals surface area contributed by atoms with Gasteiger partial charge in [-0.05, 0) is 58.2 Å². The zero-order valence-electron chi connectivity index (χ0n) is 20.5. The van der Waals surface area contributed by atoms with Crippen LogP contribution >= 0.6 is 0 Å². The first-order valence-corrected chi connectivity index (χ1v) is 11.7. The molecule has 1 aromatic heterocycles. The maximum atomic E-state index is 13.0. The van der Waals surface area contributed by atoms with Crippen LogP contribution in [0.5, 0.6) is 0 Å². The van der Waals surface area contributed by atoms with Crippen LogP contribution in [0.2, 0.25) is 0 Å². The molecule has 1 N–H and O–H groups in total. The van der Waals surface area contributed by atoms with E-state index >= 15 is 0 Å². The number of nitrogens with one attached hydrogen (secondary N) is 1. The molecule has 2 aliphatic heterocycles. The van der Waals surface area contributed by atoms with Gasteiger partial charge in [-0.25, -0.2) is 9.59 Å². The average molecular weight is 472 g/mol. The number of piperidine rings is 2. The number of imidazole rings is 1. The van der Waals surface area contributed by atoms with E-state index in [-0.39, 0.29) is 30.2 Å². The van der Waals surface area contributed by atoms with Gasteiger partial charge in [-0.2, -0.15) is 0 Å². The molecule has 2 aromatic rings. The average Bonchev–Trinajstić information content (AvgIpc) is 3.02. The Morgan fingerprint density at radius 2 is 1.76 bits per heavy atom. The lowest BCUT2D eigenvalue weighted by atomic mass is 10.0. The summed E-state index contributed by atoms with van der Waals surface area (Å²) in [5, 5.41) is 2.35. The standard InChI is InChI=1S/C24H33N5O5/c1-24(2,3)34-23(33)26(4)15-10-12-28(13-11-15)16-6-7-17-19(14-16)29(22(32)27(17)5)18-8-9-20(30)25-21(18)31/h6-7,14-15,18H,8-13H2,1-5H3,(H,25,30,31). The number of aromatic nitrogens is 2. The summed E-state index contributed by atoms with van der Waals surface area (Å²) < 4.78 is 8.53. The minimum absolute atomic E-state index is 0.0909. The number of amides is 3. The molecule has 2 fully saturated rings. The quantitative estimate of drug-likeness (QED) is 0.688. The van der Waals surface area contributed by atoms with E-state index in [0.717, 1.165) is 37.1 Å². The highest BCUT2D eigenvalue weighted by atomic mass is 16.6. The molecule has 1 aromatic carbocycles. The highest BCUT2D eigenvalue weighted by Crippen LogP contribution is 2.29. The number of aryl methyl sites for hydroxylation is 1. The summed E-state index contributed by atoms with van der Waals surface area (Å²) in [6, 6.07) is 5.20. The molecule has 2 aliphatic rings. The van der Waals surface area contributed by atoms with E-state index in [4.69, 9.17) is 4.74 Å². The Bertz CT molecular complexity index is 1180. The van der Waals surface area contributed by atoms with Crippen LogP contribution in [-0.2, 0) is 21.4 Å². The Labute approximate surface area is 198 Å². The van der Waals surface area contributed by atoms with Gasteiger partial charge >= 0.3 is 11.8 Å². The lowest BCUT2D eigenvalue weighted by Gasteiger charge is -2.38. The lowest BCUT2D eigenvalue weighted by molar-refractivity contribution is -0.135. The van der Waals surface area contributed by atoms with Crippen molar-refractivity contribution < 1.29 is 19.1 Å². The first-order valence-electron chi connectivity index (χ1n) is 11.7. The SMILES string of the molecule is CN(C(=O)OC(C)(C)C)C1CCN(c2ccc3c(c2)n(C2CCC(=O)NC2=O)c(=O)n3C)CC1. The van der Waals surface area contributed by atoms with Crippen LogP contribution in [-0.4, -0.2) is 63.7 Å². The largest absolute Gasteiger partial charge is 0.444 e. The van der Waals surface area contributed by atoms with Gasteiger partial charge in [0.1, 0.15) is 11.6 Å². The van der Waals surface area contributed by atoms with Gasteiger partial charge < -0.3 is 14.5 Å². The van der Waals surface area contributed by atoms with E-state index in [1.807, 2.05) is 39.0 Å². The van der Waals surface area contributed by atoms with Gasteiger partial charge in [0, 0.05) is 45.3 Å². The van der Waals surface area contributed by atoms with Crippen molar-refractivity contribution >= 4 is 34.6 Å². The summed E-state index contributed by atoms with van der Waals surface area (Å²) in [5.41, 5.74) is 1.55. The Balaban J connectivity index is 1.54. The molecule has 1 unspecified atom stereocenters. The molecule has 184 valence electrons. The van der Waals surface area contributed by atoms with Crippen LogP contribution in [0.4, 0.5) is 10.5 Å². The van der Waals surface area contributed by atoms with Gasteiger partial charge in [0.25, 0.3) is 0 Å². The predicted octanol–water partition coefficient (Wildman–Crippen LogP) is 2.15. The summed E-state index contributed by atoms with van der Waals surface area (Å²) in [6.45, 7) is 7.07. The molecule has 1 atom stereocenters. The van der Waals surface area contributed by atoms with Gasteiger partial charge in [-0.3, -0.25) is 24.0 Å². The maximum absolute atomic E-state index is 13.0. The molecule has 3 amide bonds. The highest BCUT2D eigenvalue weighted by molar-refractivity contribution is 6.00. The number of benzene rings is 1. The van der Waals surface area contributed by atoms with E-state index in [0.29, 0.717) is 11.9 Å². The smallest absolute Gasteiger partial charge is 0.410 e. The van der Waals surface area contributed by atoms with E-state index in [2.05, 4.69) is 10.2 Å². The molecule has 10 heteroatoms. The summed E-state index contributed by atoms with van der Waals surface area (Å²) in [7, 11) is 3.47. The van der Waals surface area contributed by atoms with Gasteiger partial charge in [0.15, 0.2) is 0 Å². The van der Waals surface area contributed by atoms with Crippen molar-refractivity contribution in [2.24, 2.45) is 7.05 Å². The van der Waals surface area contributed by atoms with Crippen LogP contribution in [0.15, 0.2) is 23.0 Å². The molecule has 0 radical (unpaired) electrons. The van der Waals surface area contributed by atoms with Crippen LogP contribution in [0.25, 0.3) is 11.0 Å². The fourth-order valence-corrected chi connectivity index (χ4v) is 4.78. The van der Waals surface area contributed by atoms with Gasteiger partial charge in [0.2, 0.25) is 11.8 Å². The normalized spacial score (nSPS) is 19.9. The van der Waals surface area contributed by atoms with Crippen molar-refractivity contribution in [1.29, 1.82) is 0 Å². The summed E-state index contributed by atoms with van der Waals surface area (Å²) in [4.78, 5) is 53.4. The second-order valence-electron chi connectivity index (χ2n) is 10.2. The zero-order chi connectivity index (χ0) is 24.8. The summed E-state index contributed by atoms with van der Waals surface area (Å²) in [6.07, 6.45) is 1.78. The monoisotopic (exact) mass is 471 g/mol. The fourth-order valence-electron chi connectivity index (χ4n) is 4.78. The Hall–Kier alpha value is -3.30. The number of carbonyl (C=O) groups is 3. The summed E-state index contributed by atoms with van der Waals surface area (Å²) in [5.74, 6) is -0.753. The Morgan fingerprint density at radius 1 is 1.09 bits per heavy atom. The topological polar surface area (TPSA) is 106 Å². The van der Waals surface area contributed by atoms with Crippen LogP contribution in [0, 0.1) is 0 Å². The van der Waals surface area contributed by atoms with Gasteiger partial charge in [-0.15, -0.1) is 0 Å². The molecule has 3 heterocycles. The number of hydrogen-bond acceptors (Lipinski definition) is 6. The number of rotatable bonds is 3. The molecule has 4 rings (SSSR count). The molecule has 34 heavy (non-hydrogen) atoms. The Kier molecular flexibility index (Phi) is 6.18. The lowest BCUT2D eigenvalue weighted by Crippen LogP contribution is -2.47. The van der Waals surface area contributed by atoms with Crippen molar-refractivity contribution in [3.05, 3.63) is 28.7 Å². The van der Waals surface area contributed by atoms with Gasteiger partial charge in [0.05, 0.1) is 11.0 Å². The maximum Gasteiger partial charge on any atom is 0.410 e. The van der Waals surface area contributed by atoms with Crippen molar-refractivity contribution in [1.82, 2.24) is 19.4 Å². The third-order valence-corrected chi connectivity index (χ3v) is 6.65. The number of carbonyl (C=O) groups excluding carboxylic acids is 3. The van der Waals surface area contributed by atoms with Crippen LogP contribution in [0.3, 0.4) is 0 Å². The van der Waals surface area contributed by atoms with Crippen LogP contribution in [0.1, 0.15) is 52.5 Å². The molecular formula is C24H33N5O5. The number of ether oxygens (including phenoxy) is 1. The predicted molar refractivity (Wildman–Crippen MR) is 128 cm³/mol. The number of nitrogens with zero attached hydrogens (tertiary/aromatic N) is 4. The second kappa shape index (κ2) is 8.81. The molecule has 0 aliphatic carbocycles. The number of imide groups is 1. The van der Waals surface area contributed by atoms with E-state index in [1.165, 1.54) is 9.13 Å². The molecule has 0 spiro atoms. The molecule has 10 nitrogen and oxygen atoms in total. The number of hydrogen-bond donors (Lipinski definition) is 1. The van der Waals surface area contributed by atoms with E-state index in [1.54, 1.807) is 19.0 Å². The minimum Gasteiger partial charge on any atom is -0.444 e. The number of anilines is 1. The first kappa shape index (κ1) is 23.8. The van der Waals surface area contributed by atoms with Gasteiger partial charge in [-0.1, -0.05) is 0 Å². The Morgan fingerprint density at radius 3 is 2.38 bits per heavy atom. The highest BCUT2D eigenvalue weighted by Gasteiger charge is 2.32. The fraction of sp³-hybridized carbons (Fsp3) is 0.583. The zero-order valence-corrected chi connectivity index (χ0v) is 20.5. The van der Waals surface area contributed by atoms with E-state index < -0.39 is 17.6 Å². The van der Waals surface area contributed by atoms with Crippen molar-refractivity contribution in [2.45, 2.75) is 64.1 Å². The second-order valence-corrected chi connectivity index (χ2v) is 10.2. The van der Waals surface area contributed by atoms with Crippen molar-refractivity contribution in [3.8, 4) is 0 Å². The first-order chi connectivity index (χ1) is 16.0. The molecule has 0 saturated carbocycles.